The Morgan fingerprint density at radius 2 is 2.08 bits per heavy atom. The summed E-state index contributed by atoms with van der Waals surface area (Å²) in [5, 5.41) is 2.44. The van der Waals surface area contributed by atoms with Crippen molar-refractivity contribution in [3.63, 3.8) is 0 Å². The number of hydrogen-bond donors (Lipinski definition) is 1. The molecule has 128 valence electrons. The van der Waals surface area contributed by atoms with Crippen molar-refractivity contribution in [3.8, 4) is 11.5 Å². The molecule has 0 unspecified atom stereocenters. The van der Waals surface area contributed by atoms with Crippen LogP contribution >= 0.6 is 0 Å². The second kappa shape index (κ2) is 6.46. The van der Waals surface area contributed by atoms with Crippen LogP contribution in [-0.2, 0) is 14.3 Å². The van der Waals surface area contributed by atoms with Crippen molar-refractivity contribution in [3.05, 3.63) is 30.4 Å². The largest absolute Gasteiger partial charge is 0.586 e. The Hall–Kier alpha value is -2.64. The third kappa shape index (κ3) is 4.01. The number of carbonyl (C=O) groups excluding carboxylic acids is 2. The van der Waals surface area contributed by atoms with Gasteiger partial charge in [-0.3, -0.25) is 9.59 Å². The molecule has 0 fully saturated rings. The van der Waals surface area contributed by atoms with Crippen LogP contribution in [0.5, 0.6) is 11.5 Å². The van der Waals surface area contributed by atoms with Crippen LogP contribution in [-0.4, -0.2) is 24.8 Å². The van der Waals surface area contributed by atoms with E-state index < -0.39 is 24.8 Å². The Balaban J connectivity index is 1.47. The van der Waals surface area contributed by atoms with Gasteiger partial charge in [0, 0.05) is 11.8 Å². The van der Waals surface area contributed by atoms with E-state index >= 15 is 0 Å². The van der Waals surface area contributed by atoms with Gasteiger partial charge < -0.3 is 19.5 Å². The van der Waals surface area contributed by atoms with Gasteiger partial charge in [-0.15, -0.1) is 8.78 Å². The van der Waals surface area contributed by atoms with Crippen LogP contribution in [0.25, 0.3) is 0 Å². The summed E-state index contributed by atoms with van der Waals surface area (Å²) in [7, 11) is 0. The lowest BCUT2D eigenvalue weighted by Crippen LogP contribution is -2.25. The van der Waals surface area contributed by atoms with Gasteiger partial charge >= 0.3 is 12.3 Å². The van der Waals surface area contributed by atoms with E-state index in [0.29, 0.717) is 0 Å². The van der Waals surface area contributed by atoms with Gasteiger partial charge in [0.25, 0.3) is 5.91 Å². The van der Waals surface area contributed by atoms with E-state index in [9.17, 15) is 18.4 Å². The van der Waals surface area contributed by atoms with Crippen LogP contribution in [0.4, 0.5) is 14.5 Å². The second-order valence-electron chi connectivity index (χ2n) is 5.51. The monoisotopic (exact) mass is 339 g/mol. The topological polar surface area (TPSA) is 73.9 Å². The van der Waals surface area contributed by atoms with Gasteiger partial charge in [-0.25, -0.2) is 0 Å². The predicted octanol–water partition coefficient (Wildman–Crippen LogP) is 2.85. The smallest absolute Gasteiger partial charge is 0.456 e. The molecule has 0 saturated heterocycles. The Bertz CT molecular complexity index is 689. The summed E-state index contributed by atoms with van der Waals surface area (Å²) in [5.41, 5.74) is 0.231. The molecule has 1 N–H and O–H groups in total. The highest BCUT2D eigenvalue weighted by molar-refractivity contribution is 5.93. The minimum atomic E-state index is -3.71. The van der Waals surface area contributed by atoms with Gasteiger partial charge in [-0.2, -0.15) is 0 Å². The molecular formula is C16H15F2NO5. The second-order valence-corrected chi connectivity index (χ2v) is 5.51. The summed E-state index contributed by atoms with van der Waals surface area (Å²) in [4.78, 5) is 23.4. The maximum absolute atomic E-state index is 12.9. The van der Waals surface area contributed by atoms with Gasteiger partial charge in [0.1, 0.15) is 0 Å². The summed E-state index contributed by atoms with van der Waals surface area (Å²) in [6, 6.07) is 3.84. The highest BCUT2D eigenvalue weighted by Gasteiger charge is 2.43. The molecule has 8 heteroatoms. The number of carbonyl (C=O) groups is 2. The molecule has 3 rings (SSSR count). The molecule has 0 aromatic heterocycles. The molecule has 1 atom stereocenters. The van der Waals surface area contributed by atoms with E-state index in [0.717, 1.165) is 12.8 Å². The molecule has 1 heterocycles. The number of rotatable bonds is 5. The number of nitrogens with one attached hydrogen (secondary N) is 1. The fourth-order valence-electron chi connectivity index (χ4n) is 2.51. The molecule has 1 amide bonds. The van der Waals surface area contributed by atoms with Crippen LogP contribution in [0.15, 0.2) is 30.4 Å². The lowest BCUT2D eigenvalue weighted by molar-refractivity contribution is -0.286. The van der Waals surface area contributed by atoms with Crippen molar-refractivity contribution < 1.29 is 32.6 Å². The highest BCUT2D eigenvalue weighted by Crippen LogP contribution is 2.42. The minimum Gasteiger partial charge on any atom is -0.456 e. The summed E-state index contributed by atoms with van der Waals surface area (Å²) < 4.78 is 39.3. The van der Waals surface area contributed by atoms with Gasteiger partial charge in [0.2, 0.25) is 0 Å². The number of hydrogen-bond acceptors (Lipinski definition) is 5. The van der Waals surface area contributed by atoms with Crippen LogP contribution in [0.3, 0.4) is 0 Å². The molecule has 6 nitrogen and oxygen atoms in total. The van der Waals surface area contributed by atoms with E-state index in [1.165, 1.54) is 18.2 Å². The number of benzene rings is 1. The number of alkyl halides is 2. The number of allylic oxidation sites excluding steroid dienone is 2. The summed E-state index contributed by atoms with van der Waals surface area (Å²) in [6.45, 7) is -0.445. The van der Waals surface area contributed by atoms with Crippen molar-refractivity contribution in [1.82, 2.24) is 0 Å². The third-order valence-corrected chi connectivity index (χ3v) is 3.59. The molecule has 1 aromatic rings. The Morgan fingerprint density at radius 3 is 2.83 bits per heavy atom. The number of ether oxygens (including phenoxy) is 3. The Labute approximate surface area is 136 Å². The summed E-state index contributed by atoms with van der Waals surface area (Å²) in [5.74, 6) is -1.16. The molecule has 1 aliphatic heterocycles. The maximum Gasteiger partial charge on any atom is 0.586 e. The van der Waals surface area contributed by atoms with E-state index in [-0.39, 0.29) is 29.5 Å². The molecule has 0 spiro atoms. The summed E-state index contributed by atoms with van der Waals surface area (Å²) in [6.07, 6.45) is 2.35. The molecular weight excluding hydrogens is 324 g/mol. The lowest BCUT2D eigenvalue weighted by atomic mass is 10.1. The molecule has 0 bridgehead atoms. The maximum atomic E-state index is 12.9. The van der Waals surface area contributed by atoms with E-state index in [2.05, 4.69) is 14.8 Å². The molecule has 24 heavy (non-hydrogen) atoms. The van der Waals surface area contributed by atoms with Gasteiger partial charge in [0.15, 0.2) is 18.1 Å². The van der Waals surface area contributed by atoms with Crippen LogP contribution in [0.1, 0.15) is 19.3 Å². The average molecular weight is 339 g/mol. The van der Waals surface area contributed by atoms with E-state index in [1.54, 1.807) is 0 Å². The third-order valence-electron chi connectivity index (χ3n) is 3.59. The van der Waals surface area contributed by atoms with Crippen molar-refractivity contribution in [2.24, 2.45) is 5.92 Å². The number of amides is 1. The normalized spacial score (nSPS) is 20.0. The molecule has 0 saturated carbocycles. The van der Waals surface area contributed by atoms with Crippen LogP contribution in [0, 0.1) is 5.92 Å². The van der Waals surface area contributed by atoms with Gasteiger partial charge in [0.05, 0.1) is 6.42 Å². The van der Waals surface area contributed by atoms with E-state index in [4.69, 9.17) is 4.74 Å². The fraction of sp³-hybridized carbons (Fsp3) is 0.375. The first-order chi connectivity index (χ1) is 11.4. The summed E-state index contributed by atoms with van der Waals surface area (Å²) >= 11 is 0. The zero-order valence-electron chi connectivity index (χ0n) is 12.6. The van der Waals surface area contributed by atoms with Crippen molar-refractivity contribution in [2.75, 3.05) is 11.9 Å². The Morgan fingerprint density at radius 1 is 1.29 bits per heavy atom. The quantitative estimate of drug-likeness (QED) is 0.660. The van der Waals surface area contributed by atoms with Crippen molar-refractivity contribution in [2.45, 2.75) is 25.6 Å². The molecule has 1 aliphatic carbocycles. The van der Waals surface area contributed by atoms with Crippen molar-refractivity contribution in [1.29, 1.82) is 0 Å². The van der Waals surface area contributed by atoms with Crippen molar-refractivity contribution >= 4 is 17.6 Å². The van der Waals surface area contributed by atoms with Gasteiger partial charge in [-0.05, 0) is 30.9 Å². The Kier molecular flexibility index (Phi) is 4.37. The first kappa shape index (κ1) is 16.2. The number of halogens is 2. The minimum absolute atomic E-state index is 0.117. The van der Waals surface area contributed by atoms with E-state index in [1.807, 2.05) is 12.2 Å². The van der Waals surface area contributed by atoms with Gasteiger partial charge in [-0.1, -0.05) is 12.2 Å². The zero-order valence-corrected chi connectivity index (χ0v) is 12.6. The van der Waals surface area contributed by atoms with Crippen LogP contribution in [0.2, 0.25) is 0 Å². The first-order valence-corrected chi connectivity index (χ1v) is 7.43. The first-order valence-electron chi connectivity index (χ1n) is 7.43. The lowest BCUT2D eigenvalue weighted by Gasteiger charge is -2.09. The number of esters is 1. The number of fused-ring (bicyclic) bond motifs is 1. The molecule has 0 radical (unpaired) electrons. The standard InChI is InChI=1S/C16H15F2NO5/c17-16(18)23-12-6-5-11(8-13(12)24-16)19-14(20)9-22-15(21)7-10-3-1-2-4-10/h1,3,5-6,8,10H,2,4,7,9H2,(H,19,20)/t10-/m0/s1. The highest BCUT2D eigenvalue weighted by atomic mass is 19.3. The molecule has 1 aromatic carbocycles. The van der Waals surface area contributed by atoms with Crippen LogP contribution < -0.4 is 14.8 Å². The average Bonchev–Trinajstić information content (AvgIpc) is 3.10. The number of anilines is 1. The predicted molar refractivity (Wildman–Crippen MR) is 78.7 cm³/mol. The fourth-order valence-corrected chi connectivity index (χ4v) is 2.51. The zero-order chi connectivity index (χ0) is 17.2. The molecule has 2 aliphatic rings. The SMILES string of the molecule is O=C(COC(=O)C[C@H]1C=CCC1)Nc1ccc2c(c1)OC(F)(F)O2.